The number of furan rings is 1. The molecule has 1 aliphatic carbocycles. The monoisotopic (exact) mass is 261 g/mol. The second-order valence-electron chi connectivity index (χ2n) is 5.39. The van der Waals surface area contributed by atoms with E-state index in [4.69, 9.17) is 4.42 Å². The van der Waals surface area contributed by atoms with Crippen LogP contribution in [0.1, 0.15) is 25.5 Å². The van der Waals surface area contributed by atoms with Crippen molar-refractivity contribution in [3.05, 3.63) is 24.2 Å². The van der Waals surface area contributed by atoms with Gasteiger partial charge in [0.15, 0.2) is 0 Å². The Morgan fingerprint density at radius 2 is 2.42 bits per heavy atom. The minimum atomic E-state index is -0.720. The molecule has 0 saturated heterocycles. The second kappa shape index (κ2) is 5.45. The zero-order valence-corrected chi connectivity index (χ0v) is 11.3. The van der Waals surface area contributed by atoms with Crippen LogP contribution in [0.25, 0.3) is 0 Å². The smallest absolute Gasteiger partial charge is 0.235 e. The Hall–Kier alpha value is -1.80. The van der Waals surface area contributed by atoms with Crippen molar-refractivity contribution in [1.82, 2.24) is 10.2 Å². The van der Waals surface area contributed by atoms with Crippen LogP contribution >= 0.6 is 0 Å². The Bertz CT molecular complexity index is 473. The van der Waals surface area contributed by atoms with E-state index < -0.39 is 5.54 Å². The highest BCUT2D eigenvalue weighted by molar-refractivity contribution is 5.79. The molecule has 1 aliphatic rings. The van der Waals surface area contributed by atoms with Gasteiger partial charge in [-0.2, -0.15) is 5.26 Å². The fourth-order valence-electron chi connectivity index (χ4n) is 2.18. The van der Waals surface area contributed by atoms with E-state index in [1.165, 1.54) is 0 Å². The van der Waals surface area contributed by atoms with Crippen LogP contribution in [0.2, 0.25) is 0 Å². The van der Waals surface area contributed by atoms with E-state index in [0.29, 0.717) is 12.5 Å². The summed E-state index contributed by atoms with van der Waals surface area (Å²) in [5, 5.41) is 12.0. The van der Waals surface area contributed by atoms with E-state index in [0.717, 1.165) is 18.6 Å². The molecule has 102 valence electrons. The lowest BCUT2D eigenvalue weighted by Gasteiger charge is -2.24. The Labute approximate surface area is 113 Å². The number of amides is 1. The quantitative estimate of drug-likeness (QED) is 0.843. The van der Waals surface area contributed by atoms with Crippen LogP contribution in [0.5, 0.6) is 0 Å². The molecule has 0 bridgehead atoms. The number of carbonyl (C=O) groups is 1. The van der Waals surface area contributed by atoms with Gasteiger partial charge in [0.25, 0.3) is 0 Å². The number of nitriles is 1. The third-order valence-corrected chi connectivity index (χ3v) is 3.44. The van der Waals surface area contributed by atoms with Gasteiger partial charge in [-0.25, -0.2) is 0 Å². The molecule has 1 atom stereocenters. The first-order valence-corrected chi connectivity index (χ1v) is 6.46. The van der Waals surface area contributed by atoms with E-state index in [9.17, 15) is 10.1 Å². The predicted molar refractivity (Wildman–Crippen MR) is 69.9 cm³/mol. The average Bonchev–Trinajstić information content (AvgIpc) is 3.10. The highest BCUT2D eigenvalue weighted by atomic mass is 16.3. The first-order chi connectivity index (χ1) is 9.03. The lowest BCUT2D eigenvalue weighted by molar-refractivity contribution is -0.123. The third-order valence-electron chi connectivity index (χ3n) is 3.44. The van der Waals surface area contributed by atoms with Gasteiger partial charge in [-0.15, -0.1) is 0 Å². The molecular weight excluding hydrogens is 242 g/mol. The molecule has 1 aromatic rings. The topological polar surface area (TPSA) is 69.3 Å². The van der Waals surface area contributed by atoms with Gasteiger partial charge < -0.3 is 9.73 Å². The van der Waals surface area contributed by atoms with Gasteiger partial charge in [0, 0.05) is 0 Å². The normalized spacial score (nSPS) is 17.8. The molecule has 1 aromatic heterocycles. The average molecular weight is 261 g/mol. The predicted octanol–water partition coefficient (Wildman–Crippen LogP) is 1.52. The van der Waals surface area contributed by atoms with Crippen LogP contribution in [0.3, 0.4) is 0 Å². The molecule has 1 saturated carbocycles. The van der Waals surface area contributed by atoms with Gasteiger partial charge in [0.2, 0.25) is 5.91 Å². The van der Waals surface area contributed by atoms with Crippen LogP contribution in [-0.4, -0.2) is 29.9 Å². The summed E-state index contributed by atoms with van der Waals surface area (Å²) < 4.78 is 5.23. The van der Waals surface area contributed by atoms with Crippen molar-refractivity contribution in [3.63, 3.8) is 0 Å². The highest BCUT2D eigenvalue weighted by Gasteiger charge is 2.42. The van der Waals surface area contributed by atoms with Gasteiger partial charge in [-0.05, 0) is 44.9 Å². The van der Waals surface area contributed by atoms with Gasteiger partial charge in [0.05, 0.1) is 25.4 Å². The zero-order chi connectivity index (χ0) is 13.9. The largest absolute Gasteiger partial charge is 0.468 e. The minimum absolute atomic E-state index is 0.120. The second-order valence-corrected chi connectivity index (χ2v) is 5.39. The molecule has 1 heterocycles. The number of carbonyl (C=O) groups excluding carboxylic acids is 1. The van der Waals surface area contributed by atoms with Crippen LogP contribution in [0.15, 0.2) is 22.8 Å². The maximum Gasteiger partial charge on any atom is 0.235 e. The van der Waals surface area contributed by atoms with Crippen molar-refractivity contribution in [1.29, 1.82) is 5.26 Å². The van der Waals surface area contributed by atoms with Gasteiger partial charge in [-0.3, -0.25) is 9.69 Å². The molecule has 1 fully saturated rings. The molecule has 0 spiro atoms. The van der Waals surface area contributed by atoms with E-state index >= 15 is 0 Å². The molecule has 0 aromatic carbocycles. The molecular formula is C14H19N3O2. The minimum Gasteiger partial charge on any atom is -0.468 e. The van der Waals surface area contributed by atoms with Gasteiger partial charge in [-0.1, -0.05) is 0 Å². The Kier molecular flexibility index (Phi) is 3.91. The van der Waals surface area contributed by atoms with Crippen molar-refractivity contribution < 1.29 is 9.21 Å². The number of rotatable bonds is 6. The van der Waals surface area contributed by atoms with Crippen LogP contribution < -0.4 is 5.32 Å². The van der Waals surface area contributed by atoms with E-state index in [-0.39, 0.29) is 12.5 Å². The summed E-state index contributed by atoms with van der Waals surface area (Å²) >= 11 is 0. The molecule has 1 N–H and O–H groups in total. The van der Waals surface area contributed by atoms with Crippen molar-refractivity contribution >= 4 is 5.91 Å². The Morgan fingerprint density at radius 1 is 1.68 bits per heavy atom. The van der Waals surface area contributed by atoms with Gasteiger partial charge >= 0.3 is 0 Å². The molecule has 5 heteroatoms. The highest BCUT2D eigenvalue weighted by Crippen LogP contribution is 2.39. The number of likely N-dealkylation sites (N-methyl/N-ethyl adjacent to an activating group) is 1. The number of hydrogen-bond donors (Lipinski definition) is 1. The first kappa shape index (κ1) is 13.6. The summed E-state index contributed by atoms with van der Waals surface area (Å²) in [5.74, 6) is 1.00. The summed E-state index contributed by atoms with van der Waals surface area (Å²) in [5.41, 5.74) is -0.720. The maximum atomic E-state index is 12.0. The summed E-state index contributed by atoms with van der Waals surface area (Å²) in [7, 11) is 1.85. The summed E-state index contributed by atoms with van der Waals surface area (Å²) in [6, 6.07) is 5.92. The molecule has 5 nitrogen and oxygen atoms in total. The molecule has 19 heavy (non-hydrogen) atoms. The van der Waals surface area contributed by atoms with E-state index in [1.54, 1.807) is 13.2 Å². The number of nitrogens with zero attached hydrogens (tertiary/aromatic N) is 2. The van der Waals surface area contributed by atoms with Crippen LogP contribution in [0, 0.1) is 17.2 Å². The van der Waals surface area contributed by atoms with E-state index in [2.05, 4.69) is 11.4 Å². The van der Waals surface area contributed by atoms with Crippen molar-refractivity contribution in [2.24, 2.45) is 5.92 Å². The standard InChI is InChI=1S/C14H19N3O2/c1-14(10-15,11-5-6-11)16-13(18)9-17(2)8-12-4-3-7-19-12/h3-4,7,11H,5-6,8-9H2,1-2H3,(H,16,18)/t14-/m1/s1. The molecule has 2 rings (SSSR count). The fraction of sp³-hybridized carbons (Fsp3) is 0.571. The zero-order valence-electron chi connectivity index (χ0n) is 11.3. The third kappa shape index (κ3) is 3.58. The Balaban J connectivity index is 1.82. The number of hydrogen-bond acceptors (Lipinski definition) is 4. The molecule has 0 aliphatic heterocycles. The maximum absolute atomic E-state index is 12.0. The van der Waals surface area contributed by atoms with Crippen molar-refractivity contribution in [2.75, 3.05) is 13.6 Å². The summed E-state index contributed by atoms with van der Waals surface area (Å²) in [4.78, 5) is 13.8. The molecule has 1 amide bonds. The number of nitrogens with one attached hydrogen (secondary N) is 1. The lowest BCUT2D eigenvalue weighted by atomic mass is 9.98. The van der Waals surface area contributed by atoms with Gasteiger partial charge in [0.1, 0.15) is 11.3 Å². The Morgan fingerprint density at radius 3 is 2.95 bits per heavy atom. The summed E-state index contributed by atoms with van der Waals surface area (Å²) in [6.45, 7) is 2.63. The van der Waals surface area contributed by atoms with E-state index in [1.807, 2.05) is 24.1 Å². The first-order valence-electron chi connectivity index (χ1n) is 6.46. The lowest BCUT2D eigenvalue weighted by Crippen LogP contribution is -2.49. The van der Waals surface area contributed by atoms with Crippen molar-refractivity contribution in [2.45, 2.75) is 31.8 Å². The molecule has 0 unspecified atom stereocenters. The summed E-state index contributed by atoms with van der Waals surface area (Å²) in [6.07, 6.45) is 3.65. The molecule has 0 radical (unpaired) electrons. The van der Waals surface area contributed by atoms with Crippen molar-refractivity contribution in [3.8, 4) is 6.07 Å². The van der Waals surface area contributed by atoms with Crippen LogP contribution in [0.4, 0.5) is 0 Å². The van der Waals surface area contributed by atoms with Crippen LogP contribution in [-0.2, 0) is 11.3 Å². The fourth-order valence-corrected chi connectivity index (χ4v) is 2.18. The SMILES string of the molecule is CN(CC(=O)N[C@](C)(C#N)C1CC1)Cc1ccco1.